The minimum Gasteiger partial charge on any atom is -0.504 e. The van der Waals surface area contributed by atoms with Crippen LogP contribution in [0.4, 0.5) is 0 Å². The topological polar surface area (TPSA) is 144 Å². The van der Waals surface area contributed by atoms with Crippen molar-refractivity contribution in [1.82, 2.24) is 0 Å². The first kappa shape index (κ1) is 26.6. The SMILES string of the molecule is CO[Si](CCCOCC(O)COc1c(O)cc(C(=O)c2ccccc2)c(O)c1O)(OC)OC. The zero-order valence-electron chi connectivity index (χ0n) is 18.8. The number of carbonyl (C=O) groups excluding carboxylic acids is 1. The number of aliphatic hydroxyl groups is 1. The average molecular weight is 483 g/mol. The molecule has 10 nitrogen and oxygen atoms in total. The fourth-order valence-corrected chi connectivity index (χ4v) is 4.77. The summed E-state index contributed by atoms with van der Waals surface area (Å²) in [5, 5.41) is 40.7. The lowest BCUT2D eigenvalue weighted by Gasteiger charge is -2.24. The summed E-state index contributed by atoms with van der Waals surface area (Å²) in [6, 6.07) is 9.65. The largest absolute Gasteiger partial charge is 0.504 e. The van der Waals surface area contributed by atoms with Crippen molar-refractivity contribution in [3.8, 4) is 23.0 Å². The van der Waals surface area contributed by atoms with Gasteiger partial charge in [-0.1, -0.05) is 30.3 Å². The molecule has 0 radical (unpaired) electrons. The quantitative estimate of drug-likeness (QED) is 0.104. The van der Waals surface area contributed by atoms with Gasteiger partial charge in [-0.25, -0.2) is 0 Å². The van der Waals surface area contributed by atoms with Gasteiger partial charge in [0.2, 0.25) is 11.5 Å². The molecule has 0 bridgehead atoms. The minimum atomic E-state index is -2.68. The van der Waals surface area contributed by atoms with E-state index in [0.29, 0.717) is 19.1 Å². The molecule has 1 unspecified atom stereocenters. The number of hydrogen-bond donors (Lipinski definition) is 4. The highest BCUT2D eigenvalue weighted by Crippen LogP contribution is 2.45. The second kappa shape index (κ2) is 12.5. The molecule has 11 heteroatoms. The van der Waals surface area contributed by atoms with Crippen LogP contribution < -0.4 is 4.74 Å². The van der Waals surface area contributed by atoms with E-state index in [1.165, 1.54) is 21.3 Å². The first-order valence-electron chi connectivity index (χ1n) is 10.2. The number of phenolic OH excluding ortho intramolecular Hbond substituents is 3. The van der Waals surface area contributed by atoms with E-state index < -0.39 is 43.7 Å². The van der Waals surface area contributed by atoms with Crippen molar-refractivity contribution in [1.29, 1.82) is 0 Å². The lowest BCUT2D eigenvalue weighted by molar-refractivity contribution is 0.0101. The Bertz CT molecular complexity index is 894. The number of hydrogen-bond acceptors (Lipinski definition) is 10. The Hall–Kier alpha value is -2.67. The number of aliphatic hydroxyl groups excluding tert-OH is 1. The van der Waals surface area contributed by atoms with Crippen LogP contribution in [0.2, 0.25) is 6.04 Å². The highest BCUT2D eigenvalue weighted by molar-refractivity contribution is 6.60. The van der Waals surface area contributed by atoms with Gasteiger partial charge in [0.25, 0.3) is 0 Å². The van der Waals surface area contributed by atoms with E-state index in [0.717, 1.165) is 6.07 Å². The third-order valence-electron chi connectivity index (χ3n) is 4.92. The van der Waals surface area contributed by atoms with Crippen molar-refractivity contribution in [3.63, 3.8) is 0 Å². The molecular weight excluding hydrogens is 452 g/mol. The van der Waals surface area contributed by atoms with Crippen LogP contribution in [0, 0.1) is 0 Å². The fraction of sp³-hybridized carbons (Fsp3) is 0.409. The van der Waals surface area contributed by atoms with Gasteiger partial charge >= 0.3 is 8.80 Å². The van der Waals surface area contributed by atoms with Crippen LogP contribution >= 0.6 is 0 Å². The van der Waals surface area contributed by atoms with Gasteiger partial charge in [-0.3, -0.25) is 4.79 Å². The van der Waals surface area contributed by atoms with Gasteiger partial charge in [-0.05, 0) is 12.5 Å². The lowest BCUT2D eigenvalue weighted by atomic mass is 10.0. The zero-order valence-corrected chi connectivity index (χ0v) is 19.8. The molecule has 182 valence electrons. The average Bonchev–Trinajstić information content (AvgIpc) is 2.84. The zero-order chi connectivity index (χ0) is 24.4. The molecule has 2 rings (SSSR count). The maximum Gasteiger partial charge on any atom is 0.500 e. The number of ketones is 1. The Morgan fingerprint density at radius 1 is 0.970 bits per heavy atom. The van der Waals surface area contributed by atoms with Crippen molar-refractivity contribution in [2.24, 2.45) is 0 Å². The van der Waals surface area contributed by atoms with Gasteiger partial charge in [0, 0.05) is 39.5 Å². The molecule has 0 fully saturated rings. The fourth-order valence-electron chi connectivity index (χ4n) is 3.08. The molecule has 0 saturated heterocycles. The normalized spacial score (nSPS) is 12.5. The van der Waals surface area contributed by atoms with Crippen LogP contribution in [-0.2, 0) is 18.0 Å². The minimum absolute atomic E-state index is 0.0699. The maximum atomic E-state index is 12.5. The van der Waals surface area contributed by atoms with Crippen molar-refractivity contribution >= 4 is 14.6 Å². The third kappa shape index (κ3) is 6.90. The summed E-state index contributed by atoms with van der Waals surface area (Å²) in [6.45, 7) is -0.0888. The van der Waals surface area contributed by atoms with Crippen LogP contribution in [0.25, 0.3) is 0 Å². The number of carbonyl (C=O) groups is 1. The number of ether oxygens (including phenoxy) is 2. The Morgan fingerprint density at radius 3 is 2.21 bits per heavy atom. The van der Waals surface area contributed by atoms with Crippen LogP contribution in [0.5, 0.6) is 23.0 Å². The number of phenols is 3. The lowest BCUT2D eigenvalue weighted by Crippen LogP contribution is -2.42. The molecule has 0 saturated carbocycles. The van der Waals surface area contributed by atoms with Gasteiger partial charge in [0.1, 0.15) is 12.7 Å². The molecule has 0 aromatic heterocycles. The number of aromatic hydroxyl groups is 3. The third-order valence-corrected chi connectivity index (χ3v) is 7.76. The standard InChI is InChI=1S/C22H30O10Si/c1-28-33(29-2,30-3)11-7-10-31-13-16(23)14-32-22-18(24)12-17(20(26)21(22)27)19(25)15-8-5-4-6-9-15/h4-6,8-9,12,16,23-24,26-27H,7,10-11,13-14H2,1-3H3. The Balaban J connectivity index is 1.89. The smallest absolute Gasteiger partial charge is 0.500 e. The Labute approximate surface area is 193 Å². The second-order valence-corrected chi connectivity index (χ2v) is 10.2. The van der Waals surface area contributed by atoms with Gasteiger partial charge in [-0.15, -0.1) is 0 Å². The highest BCUT2D eigenvalue weighted by atomic mass is 28.4. The van der Waals surface area contributed by atoms with Crippen LogP contribution in [0.15, 0.2) is 36.4 Å². The highest BCUT2D eigenvalue weighted by Gasteiger charge is 2.36. The van der Waals surface area contributed by atoms with Crippen LogP contribution in [0.1, 0.15) is 22.3 Å². The summed E-state index contributed by atoms with van der Waals surface area (Å²) in [6.07, 6.45) is -0.493. The Kier molecular flexibility index (Phi) is 10.1. The summed E-state index contributed by atoms with van der Waals surface area (Å²) in [4.78, 5) is 12.5. The van der Waals surface area contributed by atoms with Crippen LogP contribution in [0.3, 0.4) is 0 Å². The van der Waals surface area contributed by atoms with Gasteiger partial charge in [0.15, 0.2) is 17.3 Å². The van der Waals surface area contributed by atoms with Crippen LogP contribution in [-0.4, -0.2) is 82.3 Å². The monoisotopic (exact) mass is 482 g/mol. The second-order valence-electron chi connectivity index (χ2n) is 7.10. The van der Waals surface area contributed by atoms with E-state index in [9.17, 15) is 25.2 Å². The summed E-state index contributed by atoms with van der Waals surface area (Å²) >= 11 is 0. The summed E-state index contributed by atoms with van der Waals surface area (Å²) in [5.41, 5.74) is -0.00974. The number of rotatable bonds is 14. The molecule has 2 aromatic carbocycles. The van der Waals surface area contributed by atoms with Gasteiger partial charge < -0.3 is 43.2 Å². The molecule has 0 spiro atoms. The van der Waals surface area contributed by atoms with E-state index in [2.05, 4.69) is 0 Å². The van der Waals surface area contributed by atoms with Crippen molar-refractivity contribution in [2.45, 2.75) is 18.6 Å². The van der Waals surface area contributed by atoms with Crippen molar-refractivity contribution < 1.29 is 48.0 Å². The maximum absolute atomic E-state index is 12.5. The summed E-state index contributed by atoms with van der Waals surface area (Å²) < 4.78 is 26.6. The van der Waals surface area contributed by atoms with Gasteiger partial charge in [-0.2, -0.15) is 0 Å². The number of benzene rings is 2. The van der Waals surface area contributed by atoms with Gasteiger partial charge in [0.05, 0.1) is 12.2 Å². The molecule has 0 amide bonds. The molecule has 0 aliphatic rings. The summed E-state index contributed by atoms with van der Waals surface area (Å²) in [5.74, 6) is -3.13. The predicted octanol–water partition coefficient (Wildman–Crippen LogP) is 2.06. The first-order valence-corrected chi connectivity index (χ1v) is 12.1. The first-order chi connectivity index (χ1) is 15.8. The van der Waals surface area contributed by atoms with Crippen molar-refractivity contribution in [2.75, 3.05) is 41.2 Å². The van der Waals surface area contributed by atoms with E-state index in [4.69, 9.17) is 22.8 Å². The van der Waals surface area contributed by atoms with E-state index in [1.807, 2.05) is 0 Å². The molecule has 0 aliphatic heterocycles. The Morgan fingerprint density at radius 2 is 1.61 bits per heavy atom. The molecule has 1 atom stereocenters. The van der Waals surface area contributed by atoms with E-state index in [-0.39, 0.29) is 24.3 Å². The molecule has 33 heavy (non-hydrogen) atoms. The van der Waals surface area contributed by atoms with E-state index in [1.54, 1.807) is 30.3 Å². The summed E-state index contributed by atoms with van der Waals surface area (Å²) in [7, 11) is 1.89. The predicted molar refractivity (Wildman–Crippen MR) is 120 cm³/mol. The molecule has 0 heterocycles. The molecule has 2 aromatic rings. The molecular formula is C22H30O10Si. The molecule has 0 aliphatic carbocycles. The molecule has 4 N–H and O–H groups in total. The van der Waals surface area contributed by atoms with E-state index >= 15 is 0 Å². The van der Waals surface area contributed by atoms with Crippen molar-refractivity contribution in [3.05, 3.63) is 47.5 Å².